The van der Waals surface area contributed by atoms with Crippen LogP contribution in [0.3, 0.4) is 0 Å². The summed E-state index contributed by atoms with van der Waals surface area (Å²) in [7, 11) is 0. The number of carboxylic acids is 1. The Balaban J connectivity index is 3.14. The maximum Gasteiger partial charge on any atom is 0.341 e. The van der Waals surface area contributed by atoms with E-state index in [4.69, 9.17) is 4.52 Å². The lowest BCUT2D eigenvalue weighted by Crippen LogP contribution is -2.08. The summed E-state index contributed by atoms with van der Waals surface area (Å²) in [6.45, 7) is 8.14. The molecular formula is C13H21NO3. The Bertz CT molecular complexity index is 378. The Morgan fingerprint density at radius 2 is 1.94 bits per heavy atom. The van der Waals surface area contributed by atoms with E-state index in [9.17, 15) is 9.90 Å². The first kappa shape index (κ1) is 13.7. The molecule has 1 rings (SSSR count). The van der Waals surface area contributed by atoms with Gasteiger partial charge in [-0.05, 0) is 18.8 Å². The van der Waals surface area contributed by atoms with Crippen molar-refractivity contribution in [1.82, 2.24) is 5.16 Å². The highest BCUT2D eigenvalue weighted by Gasteiger charge is 2.26. The fourth-order valence-corrected chi connectivity index (χ4v) is 2.03. The predicted molar refractivity (Wildman–Crippen MR) is 65.3 cm³/mol. The maximum absolute atomic E-state index is 11.3. The number of hydrogen-bond acceptors (Lipinski definition) is 3. The van der Waals surface area contributed by atoms with Gasteiger partial charge in [0.1, 0.15) is 11.3 Å². The molecule has 1 heterocycles. The van der Waals surface area contributed by atoms with Crippen LogP contribution < -0.4 is 0 Å². The lowest BCUT2D eigenvalue weighted by molar-refractivity contribution is 0.0692. The third-order valence-corrected chi connectivity index (χ3v) is 2.97. The Labute approximate surface area is 102 Å². The predicted octanol–water partition coefficient (Wildman–Crippen LogP) is 3.47. The molecule has 1 N–H and O–H groups in total. The van der Waals surface area contributed by atoms with Gasteiger partial charge >= 0.3 is 5.97 Å². The fraction of sp³-hybridized carbons (Fsp3) is 0.692. The molecule has 0 saturated heterocycles. The average Bonchev–Trinajstić information content (AvgIpc) is 2.63. The minimum Gasteiger partial charge on any atom is -0.477 e. The number of hydrogen-bond donors (Lipinski definition) is 1. The summed E-state index contributed by atoms with van der Waals surface area (Å²) in [6.07, 6.45) is 2.38. The summed E-state index contributed by atoms with van der Waals surface area (Å²) in [5.74, 6) is 0.111. The van der Waals surface area contributed by atoms with Crippen LogP contribution in [0.4, 0.5) is 0 Å². The lowest BCUT2D eigenvalue weighted by atomic mass is 9.94. The van der Waals surface area contributed by atoms with E-state index in [1.54, 1.807) is 0 Å². The highest BCUT2D eigenvalue weighted by molar-refractivity contribution is 5.90. The molecule has 0 aliphatic heterocycles. The second-order valence-electron chi connectivity index (χ2n) is 4.78. The van der Waals surface area contributed by atoms with Crippen molar-refractivity contribution in [2.24, 2.45) is 5.92 Å². The smallest absolute Gasteiger partial charge is 0.341 e. The molecule has 0 bridgehead atoms. The normalized spacial score (nSPS) is 11.4. The highest BCUT2D eigenvalue weighted by Crippen LogP contribution is 2.28. The molecule has 0 aromatic carbocycles. The van der Waals surface area contributed by atoms with Gasteiger partial charge in [-0.25, -0.2) is 4.79 Å². The zero-order valence-electron chi connectivity index (χ0n) is 11.0. The van der Waals surface area contributed by atoms with Gasteiger partial charge in [0.05, 0.1) is 0 Å². The highest BCUT2D eigenvalue weighted by atomic mass is 16.5. The van der Waals surface area contributed by atoms with Crippen molar-refractivity contribution in [3.8, 4) is 0 Å². The van der Waals surface area contributed by atoms with Gasteiger partial charge in [-0.1, -0.05) is 32.9 Å². The first-order chi connectivity index (χ1) is 8.01. The van der Waals surface area contributed by atoms with Gasteiger partial charge in [-0.15, -0.1) is 0 Å². The van der Waals surface area contributed by atoms with Crippen LogP contribution in [0.2, 0.25) is 0 Å². The van der Waals surface area contributed by atoms with Crippen molar-refractivity contribution < 1.29 is 14.4 Å². The average molecular weight is 239 g/mol. The minimum atomic E-state index is -0.927. The zero-order chi connectivity index (χ0) is 13.0. The van der Waals surface area contributed by atoms with Gasteiger partial charge in [0.2, 0.25) is 0 Å². The molecule has 1 aromatic rings. The van der Waals surface area contributed by atoms with Crippen molar-refractivity contribution in [2.75, 3.05) is 0 Å². The van der Waals surface area contributed by atoms with Crippen molar-refractivity contribution in [2.45, 2.75) is 52.9 Å². The summed E-state index contributed by atoms with van der Waals surface area (Å²) in [5.41, 5.74) is 0.894. The third-order valence-electron chi connectivity index (χ3n) is 2.97. The van der Waals surface area contributed by atoms with Crippen molar-refractivity contribution >= 4 is 5.97 Å². The molecule has 0 fully saturated rings. The minimum absolute atomic E-state index is 0.172. The van der Waals surface area contributed by atoms with Gasteiger partial charge < -0.3 is 9.63 Å². The number of aromatic nitrogens is 1. The van der Waals surface area contributed by atoms with Gasteiger partial charge in [0.15, 0.2) is 5.76 Å². The summed E-state index contributed by atoms with van der Waals surface area (Å²) in [6, 6.07) is 0. The van der Waals surface area contributed by atoms with E-state index in [0.29, 0.717) is 23.8 Å². The van der Waals surface area contributed by atoms with E-state index in [0.717, 1.165) is 12.8 Å². The summed E-state index contributed by atoms with van der Waals surface area (Å²) in [5, 5.41) is 13.3. The molecule has 0 unspecified atom stereocenters. The van der Waals surface area contributed by atoms with E-state index >= 15 is 0 Å². The Morgan fingerprint density at radius 3 is 2.35 bits per heavy atom. The molecule has 0 aliphatic carbocycles. The quantitative estimate of drug-likeness (QED) is 0.825. The van der Waals surface area contributed by atoms with Gasteiger partial charge in [0, 0.05) is 12.3 Å². The summed E-state index contributed by atoms with van der Waals surface area (Å²) < 4.78 is 5.22. The molecule has 96 valence electrons. The van der Waals surface area contributed by atoms with Crippen LogP contribution in [0, 0.1) is 5.92 Å². The molecule has 1 aromatic heterocycles. The number of nitrogens with zero attached hydrogens (tertiary/aromatic N) is 1. The van der Waals surface area contributed by atoms with Crippen LogP contribution in [0.15, 0.2) is 4.52 Å². The Morgan fingerprint density at radius 1 is 1.35 bits per heavy atom. The molecule has 0 spiro atoms. The van der Waals surface area contributed by atoms with E-state index < -0.39 is 5.97 Å². The topological polar surface area (TPSA) is 63.3 Å². The van der Waals surface area contributed by atoms with E-state index in [-0.39, 0.29) is 11.5 Å². The van der Waals surface area contributed by atoms with Crippen LogP contribution in [0.25, 0.3) is 0 Å². The molecule has 0 saturated carbocycles. The first-order valence-electron chi connectivity index (χ1n) is 6.22. The lowest BCUT2D eigenvalue weighted by Gasteiger charge is -2.09. The van der Waals surface area contributed by atoms with E-state index in [1.807, 2.05) is 27.7 Å². The number of rotatable bonds is 6. The molecule has 0 atom stereocenters. The first-order valence-corrected chi connectivity index (χ1v) is 6.22. The van der Waals surface area contributed by atoms with E-state index in [1.165, 1.54) is 0 Å². The van der Waals surface area contributed by atoms with E-state index in [2.05, 4.69) is 5.16 Å². The molecular weight excluding hydrogens is 218 g/mol. The second-order valence-corrected chi connectivity index (χ2v) is 4.78. The SMILES string of the molecule is CCC(CC)c1noc(CC(C)C)c1C(=O)O. The maximum atomic E-state index is 11.3. The largest absolute Gasteiger partial charge is 0.477 e. The van der Waals surface area contributed by atoms with Crippen LogP contribution in [-0.2, 0) is 6.42 Å². The van der Waals surface area contributed by atoms with Crippen molar-refractivity contribution in [3.05, 3.63) is 17.0 Å². The van der Waals surface area contributed by atoms with Crippen LogP contribution in [-0.4, -0.2) is 16.2 Å². The van der Waals surface area contributed by atoms with Crippen LogP contribution in [0.5, 0.6) is 0 Å². The summed E-state index contributed by atoms with van der Waals surface area (Å²) in [4.78, 5) is 11.3. The second kappa shape index (κ2) is 5.84. The molecule has 17 heavy (non-hydrogen) atoms. The van der Waals surface area contributed by atoms with Gasteiger partial charge in [0.25, 0.3) is 0 Å². The molecule has 0 radical (unpaired) electrons. The monoisotopic (exact) mass is 239 g/mol. The van der Waals surface area contributed by atoms with Crippen LogP contribution in [0.1, 0.15) is 68.3 Å². The number of carboxylic acid groups (broad SMARTS) is 1. The molecule has 4 heteroatoms. The molecule has 0 aliphatic rings. The fourth-order valence-electron chi connectivity index (χ4n) is 2.03. The van der Waals surface area contributed by atoms with Crippen molar-refractivity contribution in [1.29, 1.82) is 0 Å². The standard InChI is InChI=1S/C13H21NO3/c1-5-9(6-2)12-11(13(15)16)10(17-14-12)7-8(3)4/h8-9H,5-7H2,1-4H3,(H,15,16). The zero-order valence-corrected chi connectivity index (χ0v) is 11.0. The number of aromatic carboxylic acids is 1. The van der Waals surface area contributed by atoms with Gasteiger partial charge in [-0.2, -0.15) is 0 Å². The Hall–Kier alpha value is -1.32. The number of carbonyl (C=O) groups is 1. The van der Waals surface area contributed by atoms with Crippen LogP contribution >= 0.6 is 0 Å². The van der Waals surface area contributed by atoms with Gasteiger partial charge in [-0.3, -0.25) is 0 Å². The molecule has 0 amide bonds. The Kier molecular flexibility index (Phi) is 4.73. The third kappa shape index (κ3) is 3.08. The summed E-state index contributed by atoms with van der Waals surface area (Å²) >= 11 is 0. The molecule has 4 nitrogen and oxygen atoms in total. The van der Waals surface area contributed by atoms with Crippen molar-refractivity contribution in [3.63, 3.8) is 0 Å².